The summed E-state index contributed by atoms with van der Waals surface area (Å²) in [6, 6.07) is 13.0. The Labute approximate surface area is 138 Å². The Morgan fingerprint density at radius 3 is 2.45 bits per heavy atom. The zero-order valence-electron chi connectivity index (χ0n) is 12.6. The predicted octanol–water partition coefficient (Wildman–Crippen LogP) is 4.17. The molecule has 0 spiro atoms. The molecule has 1 amide bonds. The molecule has 5 heteroatoms. The molecule has 1 N–H and O–H groups in total. The Kier molecular flexibility index (Phi) is 5.83. The van der Waals surface area contributed by atoms with Crippen molar-refractivity contribution in [3.63, 3.8) is 0 Å². The monoisotopic (exact) mass is 363 g/mol. The highest BCUT2D eigenvalue weighted by atomic mass is 79.9. The third-order valence-corrected chi connectivity index (χ3v) is 3.99. The Bertz CT molecular complexity index is 641. The molecule has 0 aromatic heterocycles. The van der Waals surface area contributed by atoms with Crippen LogP contribution in [0.2, 0.25) is 0 Å². The van der Waals surface area contributed by atoms with E-state index in [0.717, 1.165) is 21.5 Å². The first-order valence-electron chi connectivity index (χ1n) is 6.91. The molecule has 2 rings (SSSR count). The van der Waals surface area contributed by atoms with Crippen molar-refractivity contribution < 1.29 is 14.3 Å². The predicted molar refractivity (Wildman–Crippen MR) is 90.6 cm³/mol. The fraction of sp³-hybridized carbons (Fsp3) is 0.235. The van der Waals surface area contributed by atoms with Gasteiger partial charge in [-0.1, -0.05) is 15.9 Å². The molecular weight excluding hydrogens is 346 g/mol. The van der Waals surface area contributed by atoms with E-state index >= 15 is 0 Å². The molecule has 0 atom stereocenters. The number of hydrogen-bond acceptors (Lipinski definition) is 3. The third-order valence-electron chi connectivity index (χ3n) is 3.10. The number of benzene rings is 2. The molecule has 0 aliphatic rings. The van der Waals surface area contributed by atoms with Gasteiger partial charge in [-0.15, -0.1) is 0 Å². The Morgan fingerprint density at radius 2 is 1.82 bits per heavy atom. The Balaban J connectivity index is 1.78. The lowest BCUT2D eigenvalue weighted by atomic mass is 10.2. The van der Waals surface area contributed by atoms with Crippen LogP contribution in [-0.4, -0.2) is 19.6 Å². The zero-order chi connectivity index (χ0) is 15.9. The lowest BCUT2D eigenvalue weighted by molar-refractivity contribution is -0.116. The van der Waals surface area contributed by atoms with Crippen LogP contribution in [0, 0.1) is 6.92 Å². The highest BCUT2D eigenvalue weighted by Crippen LogP contribution is 2.20. The number of methoxy groups -OCH3 is 1. The van der Waals surface area contributed by atoms with Gasteiger partial charge in [0.1, 0.15) is 11.5 Å². The first-order chi connectivity index (χ1) is 10.6. The molecular formula is C17H18BrNO3. The van der Waals surface area contributed by atoms with Gasteiger partial charge in [-0.05, 0) is 55.0 Å². The number of rotatable bonds is 6. The molecule has 0 bridgehead atoms. The summed E-state index contributed by atoms with van der Waals surface area (Å²) in [5, 5.41) is 2.85. The van der Waals surface area contributed by atoms with Crippen molar-refractivity contribution >= 4 is 27.5 Å². The molecule has 116 valence electrons. The minimum Gasteiger partial charge on any atom is -0.497 e. The van der Waals surface area contributed by atoms with Gasteiger partial charge in [-0.3, -0.25) is 4.79 Å². The molecule has 0 fully saturated rings. The first kappa shape index (κ1) is 16.4. The van der Waals surface area contributed by atoms with Gasteiger partial charge in [0.15, 0.2) is 0 Å². The highest BCUT2D eigenvalue weighted by molar-refractivity contribution is 9.10. The molecule has 0 unspecified atom stereocenters. The Morgan fingerprint density at radius 1 is 1.14 bits per heavy atom. The number of carbonyl (C=O) groups is 1. The quantitative estimate of drug-likeness (QED) is 0.837. The van der Waals surface area contributed by atoms with E-state index in [1.165, 1.54) is 0 Å². The second-order valence-corrected chi connectivity index (χ2v) is 5.64. The molecule has 0 radical (unpaired) electrons. The second-order valence-electron chi connectivity index (χ2n) is 4.79. The second kappa shape index (κ2) is 7.84. The van der Waals surface area contributed by atoms with E-state index in [0.29, 0.717) is 18.8 Å². The van der Waals surface area contributed by atoms with E-state index in [2.05, 4.69) is 21.2 Å². The SMILES string of the molecule is COc1ccc(OCCC(=O)Nc2ccc(Br)c(C)c2)cc1. The van der Waals surface area contributed by atoms with Gasteiger partial charge in [0.05, 0.1) is 20.1 Å². The summed E-state index contributed by atoms with van der Waals surface area (Å²) in [4.78, 5) is 11.9. The fourth-order valence-corrected chi connectivity index (χ4v) is 2.13. The largest absolute Gasteiger partial charge is 0.497 e. The molecule has 0 saturated heterocycles. The molecule has 2 aromatic carbocycles. The maximum atomic E-state index is 11.9. The van der Waals surface area contributed by atoms with Crippen molar-refractivity contribution in [3.05, 3.63) is 52.5 Å². The van der Waals surface area contributed by atoms with Gasteiger partial charge < -0.3 is 14.8 Å². The van der Waals surface area contributed by atoms with Crippen LogP contribution in [0.15, 0.2) is 46.9 Å². The maximum Gasteiger partial charge on any atom is 0.227 e. The van der Waals surface area contributed by atoms with E-state index in [1.54, 1.807) is 7.11 Å². The number of aryl methyl sites for hydroxylation is 1. The number of halogens is 1. The van der Waals surface area contributed by atoms with E-state index in [9.17, 15) is 4.79 Å². The van der Waals surface area contributed by atoms with E-state index < -0.39 is 0 Å². The van der Waals surface area contributed by atoms with Crippen LogP contribution in [0.3, 0.4) is 0 Å². The minimum atomic E-state index is -0.0739. The molecule has 22 heavy (non-hydrogen) atoms. The normalized spacial score (nSPS) is 10.1. The van der Waals surface area contributed by atoms with Crippen LogP contribution in [0.4, 0.5) is 5.69 Å². The smallest absolute Gasteiger partial charge is 0.227 e. The average Bonchev–Trinajstić information content (AvgIpc) is 2.51. The van der Waals surface area contributed by atoms with Crippen molar-refractivity contribution in [2.24, 2.45) is 0 Å². The molecule has 0 saturated carbocycles. The van der Waals surface area contributed by atoms with Gasteiger partial charge in [0.2, 0.25) is 5.91 Å². The summed E-state index contributed by atoms with van der Waals surface area (Å²) < 4.78 is 11.6. The van der Waals surface area contributed by atoms with Crippen molar-refractivity contribution in [3.8, 4) is 11.5 Å². The van der Waals surface area contributed by atoms with Crippen LogP contribution < -0.4 is 14.8 Å². The van der Waals surface area contributed by atoms with Crippen LogP contribution in [-0.2, 0) is 4.79 Å². The standard InChI is InChI=1S/C17H18BrNO3/c1-12-11-13(3-8-16(12)18)19-17(20)9-10-22-15-6-4-14(21-2)5-7-15/h3-8,11H,9-10H2,1-2H3,(H,19,20). The number of nitrogens with one attached hydrogen (secondary N) is 1. The average molecular weight is 364 g/mol. The van der Waals surface area contributed by atoms with Gasteiger partial charge in [0.25, 0.3) is 0 Å². The van der Waals surface area contributed by atoms with Crippen LogP contribution >= 0.6 is 15.9 Å². The van der Waals surface area contributed by atoms with Crippen molar-refractivity contribution in [2.45, 2.75) is 13.3 Å². The van der Waals surface area contributed by atoms with Gasteiger partial charge in [0, 0.05) is 10.2 Å². The summed E-state index contributed by atoms with van der Waals surface area (Å²) in [6.45, 7) is 2.31. The zero-order valence-corrected chi connectivity index (χ0v) is 14.1. The molecule has 0 aliphatic carbocycles. The fourth-order valence-electron chi connectivity index (χ4n) is 1.88. The van der Waals surface area contributed by atoms with E-state index in [4.69, 9.17) is 9.47 Å². The molecule has 4 nitrogen and oxygen atoms in total. The molecule has 0 heterocycles. The van der Waals surface area contributed by atoms with Gasteiger partial charge in [-0.2, -0.15) is 0 Å². The van der Waals surface area contributed by atoms with Crippen LogP contribution in [0.5, 0.6) is 11.5 Å². The summed E-state index contributed by atoms with van der Waals surface area (Å²) in [5.41, 5.74) is 1.86. The summed E-state index contributed by atoms with van der Waals surface area (Å²) in [5.74, 6) is 1.42. The van der Waals surface area contributed by atoms with E-state index in [-0.39, 0.29) is 5.91 Å². The van der Waals surface area contributed by atoms with E-state index in [1.807, 2.05) is 49.4 Å². The minimum absolute atomic E-state index is 0.0739. The lowest BCUT2D eigenvalue weighted by Gasteiger charge is -2.09. The lowest BCUT2D eigenvalue weighted by Crippen LogP contribution is -2.15. The number of hydrogen-bond donors (Lipinski definition) is 1. The van der Waals surface area contributed by atoms with Gasteiger partial charge >= 0.3 is 0 Å². The highest BCUT2D eigenvalue weighted by Gasteiger charge is 2.04. The van der Waals surface area contributed by atoms with Crippen molar-refractivity contribution in [2.75, 3.05) is 19.0 Å². The summed E-state index contributed by atoms with van der Waals surface area (Å²) in [6.07, 6.45) is 0.293. The van der Waals surface area contributed by atoms with Crippen molar-refractivity contribution in [1.29, 1.82) is 0 Å². The summed E-state index contributed by atoms with van der Waals surface area (Å²) >= 11 is 3.43. The van der Waals surface area contributed by atoms with Crippen LogP contribution in [0.1, 0.15) is 12.0 Å². The number of carbonyl (C=O) groups excluding carboxylic acids is 1. The van der Waals surface area contributed by atoms with Crippen LogP contribution in [0.25, 0.3) is 0 Å². The molecule has 2 aromatic rings. The van der Waals surface area contributed by atoms with Gasteiger partial charge in [-0.25, -0.2) is 0 Å². The number of amides is 1. The topological polar surface area (TPSA) is 47.6 Å². The third kappa shape index (κ3) is 4.77. The maximum absolute atomic E-state index is 11.9. The Hall–Kier alpha value is -2.01. The first-order valence-corrected chi connectivity index (χ1v) is 7.70. The number of anilines is 1. The number of ether oxygens (including phenoxy) is 2. The molecule has 0 aliphatic heterocycles. The summed E-state index contributed by atoms with van der Waals surface area (Å²) in [7, 11) is 1.62. The van der Waals surface area contributed by atoms with Crippen molar-refractivity contribution in [1.82, 2.24) is 0 Å².